The molecular weight excluding hydrogens is 214 g/mol. The Kier molecular flexibility index (Phi) is 3.81. The largest absolute Gasteiger partial charge is 0.508 e. The Morgan fingerprint density at radius 3 is 2.41 bits per heavy atom. The normalized spacial score (nSPS) is 16.4. The van der Waals surface area contributed by atoms with Gasteiger partial charge in [0.2, 0.25) is 5.91 Å². The van der Waals surface area contributed by atoms with Crippen LogP contribution in [0.1, 0.15) is 24.8 Å². The molecule has 0 atom stereocenters. The molecule has 1 N–H and O–H groups in total. The molecule has 0 saturated carbocycles. The van der Waals surface area contributed by atoms with Crippen LogP contribution >= 0.6 is 0 Å². The van der Waals surface area contributed by atoms with Gasteiger partial charge in [-0.15, -0.1) is 0 Å². The standard InChI is InChI=1S/C14H17NO2/c16-13-7-4-12(5-8-13)6-9-14(17)15-10-2-1-3-11-15/h4-9,16H,1-3,10-11H2/b9-6+. The molecule has 3 heteroatoms. The van der Waals surface area contributed by atoms with Crippen molar-refractivity contribution in [2.75, 3.05) is 13.1 Å². The average molecular weight is 231 g/mol. The topological polar surface area (TPSA) is 40.5 Å². The molecule has 1 aromatic rings. The number of phenolic OH excluding ortho intramolecular Hbond substituents is 1. The summed E-state index contributed by atoms with van der Waals surface area (Å²) >= 11 is 0. The molecule has 0 bridgehead atoms. The van der Waals surface area contributed by atoms with E-state index >= 15 is 0 Å². The Balaban J connectivity index is 1.95. The molecule has 1 aromatic carbocycles. The fraction of sp³-hybridized carbons (Fsp3) is 0.357. The van der Waals surface area contributed by atoms with Crippen LogP contribution in [0.3, 0.4) is 0 Å². The van der Waals surface area contributed by atoms with E-state index in [2.05, 4.69) is 0 Å². The number of carbonyl (C=O) groups excluding carboxylic acids is 1. The first-order valence-electron chi connectivity index (χ1n) is 6.02. The van der Waals surface area contributed by atoms with E-state index in [0.717, 1.165) is 31.5 Å². The number of hydrogen-bond donors (Lipinski definition) is 1. The predicted octanol–water partition coefficient (Wildman–Crippen LogP) is 2.42. The zero-order valence-corrected chi connectivity index (χ0v) is 9.80. The van der Waals surface area contributed by atoms with Gasteiger partial charge in [-0.25, -0.2) is 0 Å². The Hall–Kier alpha value is -1.77. The number of likely N-dealkylation sites (tertiary alicyclic amines) is 1. The van der Waals surface area contributed by atoms with Crippen LogP contribution in [-0.4, -0.2) is 29.0 Å². The van der Waals surface area contributed by atoms with E-state index < -0.39 is 0 Å². The molecule has 1 aliphatic heterocycles. The second-order valence-electron chi connectivity index (χ2n) is 4.31. The minimum absolute atomic E-state index is 0.0813. The third kappa shape index (κ3) is 3.34. The quantitative estimate of drug-likeness (QED) is 0.794. The summed E-state index contributed by atoms with van der Waals surface area (Å²) in [5, 5.41) is 9.14. The highest BCUT2D eigenvalue weighted by atomic mass is 16.3. The smallest absolute Gasteiger partial charge is 0.246 e. The van der Waals surface area contributed by atoms with Crippen molar-refractivity contribution >= 4 is 12.0 Å². The molecule has 0 spiro atoms. The maximum Gasteiger partial charge on any atom is 0.246 e. The second-order valence-corrected chi connectivity index (χ2v) is 4.31. The van der Waals surface area contributed by atoms with Crippen LogP contribution < -0.4 is 0 Å². The van der Waals surface area contributed by atoms with Crippen LogP contribution in [0.5, 0.6) is 5.75 Å². The number of hydrogen-bond acceptors (Lipinski definition) is 2. The van der Waals surface area contributed by atoms with Gasteiger partial charge in [0.15, 0.2) is 0 Å². The number of carbonyl (C=O) groups is 1. The first-order valence-corrected chi connectivity index (χ1v) is 6.02. The van der Waals surface area contributed by atoms with Gasteiger partial charge in [-0.1, -0.05) is 12.1 Å². The molecule has 1 saturated heterocycles. The summed E-state index contributed by atoms with van der Waals surface area (Å²) in [5.74, 6) is 0.322. The lowest BCUT2D eigenvalue weighted by Gasteiger charge is -2.25. The van der Waals surface area contributed by atoms with Gasteiger partial charge in [0.05, 0.1) is 0 Å². The fourth-order valence-corrected chi connectivity index (χ4v) is 1.97. The third-order valence-electron chi connectivity index (χ3n) is 2.98. The van der Waals surface area contributed by atoms with E-state index in [9.17, 15) is 4.79 Å². The number of piperidine rings is 1. The minimum Gasteiger partial charge on any atom is -0.508 e. The SMILES string of the molecule is O=C(/C=C/c1ccc(O)cc1)N1CCCCC1. The summed E-state index contributed by atoms with van der Waals surface area (Å²) in [6.07, 6.45) is 6.84. The van der Waals surface area contributed by atoms with Crippen molar-refractivity contribution in [3.05, 3.63) is 35.9 Å². The molecule has 1 heterocycles. The van der Waals surface area contributed by atoms with Crippen molar-refractivity contribution in [1.82, 2.24) is 4.90 Å². The molecule has 17 heavy (non-hydrogen) atoms. The van der Waals surface area contributed by atoms with Gasteiger partial charge in [-0.2, -0.15) is 0 Å². The van der Waals surface area contributed by atoms with Crippen LogP contribution in [0.2, 0.25) is 0 Å². The first kappa shape index (κ1) is 11.7. The van der Waals surface area contributed by atoms with Gasteiger partial charge in [0.1, 0.15) is 5.75 Å². The van der Waals surface area contributed by atoms with Crippen molar-refractivity contribution in [2.24, 2.45) is 0 Å². The molecule has 0 aromatic heterocycles. The molecule has 1 fully saturated rings. The van der Waals surface area contributed by atoms with Crippen LogP contribution in [-0.2, 0) is 4.79 Å². The molecule has 3 nitrogen and oxygen atoms in total. The Labute approximate surface area is 101 Å². The highest BCUT2D eigenvalue weighted by Crippen LogP contribution is 2.12. The van der Waals surface area contributed by atoms with E-state index in [4.69, 9.17) is 5.11 Å². The van der Waals surface area contributed by atoms with Crippen molar-refractivity contribution < 1.29 is 9.90 Å². The van der Waals surface area contributed by atoms with Crippen molar-refractivity contribution in [1.29, 1.82) is 0 Å². The minimum atomic E-state index is 0.0813. The molecule has 1 amide bonds. The first-order chi connectivity index (χ1) is 8.25. The lowest BCUT2D eigenvalue weighted by molar-refractivity contribution is -0.126. The van der Waals surface area contributed by atoms with Gasteiger partial charge in [0.25, 0.3) is 0 Å². The molecule has 0 radical (unpaired) electrons. The number of aromatic hydroxyl groups is 1. The maximum absolute atomic E-state index is 11.8. The molecular formula is C14H17NO2. The van der Waals surface area contributed by atoms with E-state index in [-0.39, 0.29) is 11.7 Å². The molecule has 1 aliphatic rings. The number of phenols is 1. The molecule has 2 rings (SSSR count). The van der Waals surface area contributed by atoms with Gasteiger partial charge >= 0.3 is 0 Å². The summed E-state index contributed by atoms with van der Waals surface area (Å²) in [7, 11) is 0. The zero-order chi connectivity index (χ0) is 12.1. The molecule has 90 valence electrons. The fourth-order valence-electron chi connectivity index (χ4n) is 1.97. The summed E-state index contributed by atoms with van der Waals surface area (Å²) in [4.78, 5) is 13.7. The lowest BCUT2D eigenvalue weighted by atomic mass is 10.1. The number of amides is 1. The Bertz CT molecular complexity index is 403. The van der Waals surface area contributed by atoms with Crippen molar-refractivity contribution in [2.45, 2.75) is 19.3 Å². The van der Waals surface area contributed by atoms with Crippen molar-refractivity contribution in [3.8, 4) is 5.75 Å². The molecule has 0 aliphatic carbocycles. The number of nitrogens with zero attached hydrogens (tertiary/aromatic N) is 1. The van der Waals surface area contributed by atoms with E-state index in [1.807, 2.05) is 4.90 Å². The van der Waals surface area contributed by atoms with E-state index in [1.165, 1.54) is 6.42 Å². The second kappa shape index (κ2) is 5.53. The van der Waals surface area contributed by atoms with Crippen LogP contribution in [0.25, 0.3) is 6.08 Å². The Morgan fingerprint density at radius 2 is 1.76 bits per heavy atom. The zero-order valence-electron chi connectivity index (χ0n) is 9.80. The van der Waals surface area contributed by atoms with Crippen molar-refractivity contribution in [3.63, 3.8) is 0 Å². The highest BCUT2D eigenvalue weighted by molar-refractivity contribution is 5.91. The van der Waals surface area contributed by atoms with E-state index in [0.29, 0.717) is 0 Å². The lowest BCUT2D eigenvalue weighted by Crippen LogP contribution is -2.34. The summed E-state index contributed by atoms with van der Waals surface area (Å²) < 4.78 is 0. The average Bonchev–Trinajstić information content (AvgIpc) is 2.39. The highest BCUT2D eigenvalue weighted by Gasteiger charge is 2.13. The molecule has 0 unspecified atom stereocenters. The van der Waals surface area contributed by atoms with Crippen LogP contribution in [0.4, 0.5) is 0 Å². The third-order valence-corrected chi connectivity index (χ3v) is 2.98. The summed E-state index contributed by atoms with van der Waals surface area (Å²) in [5.41, 5.74) is 0.924. The Morgan fingerprint density at radius 1 is 1.12 bits per heavy atom. The van der Waals surface area contributed by atoms with Gasteiger partial charge in [0, 0.05) is 19.2 Å². The van der Waals surface area contributed by atoms with Crippen LogP contribution in [0.15, 0.2) is 30.3 Å². The van der Waals surface area contributed by atoms with Gasteiger partial charge < -0.3 is 10.0 Å². The van der Waals surface area contributed by atoms with E-state index in [1.54, 1.807) is 36.4 Å². The van der Waals surface area contributed by atoms with Gasteiger partial charge in [-0.05, 0) is 43.0 Å². The number of benzene rings is 1. The maximum atomic E-state index is 11.8. The van der Waals surface area contributed by atoms with Gasteiger partial charge in [-0.3, -0.25) is 4.79 Å². The predicted molar refractivity (Wildman–Crippen MR) is 67.6 cm³/mol. The number of rotatable bonds is 2. The summed E-state index contributed by atoms with van der Waals surface area (Å²) in [6, 6.07) is 6.81. The monoisotopic (exact) mass is 231 g/mol. The summed E-state index contributed by atoms with van der Waals surface area (Å²) in [6.45, 7) is 1.75. The van der Waals surface area contributed by atoms with Crippen LogP contribution in [0, 0.1) is 0 Å².